The number of piperazine rings is 1. The highest BCUT2D eigenvalue weighted by molar-refractivity contribution is 8.80. The van der Waals surface area contributed by atoms with Crippen molar-refractivity contribution < 1.29 is 9.59 Å². The third-order valence-electron chi connectivity index (χ3n) is 8.74. The van der Waals surface area contributed by atoms with Crippen LogP contribution < -0.4 is 0 Å². The van der Waals surface area contributed by atoms with E-state index < -0.39 is 0 Å². The summed E-state index contributed by atoms with van der Waals surface area (Å²) in [5.74, 6) is 0.775. The van der Waals surface area contributed by atoms with Crippen LogP contribution in [0.1, 0.15) is 69.5 Å². The van der Waals surface area contributed by atoms with Crippen molar-refractivity contribution in [1.82, 2.24) is 14.7 Å². The normalized spacial score (nSPS) is 14.1. The Bertz CT molecular complexity index is 3140. The SMILES string of the molecule is CCCC[C@H]1CN(C(c2ccc(Cl)cc2)c2ccc(Cl)cc2)CCN1C(=O)CC1CCN(C(C)=O)CC1.S=S=S=S=S=S=S=S=S=S=S=S=S=S=S=S=S=S=S=S=S=S=S=S=S=S=S=S=S=S. The fraction of sp³-hybridized carbons (Fsp3) is 0.533. The Balaban J connectivity index is 0.000000365. The van der Waals surface area contributed by atoms with Crippen molar-refractivity contribution in [2.24, 2.45) is 5.92 Å². The first-order valence-corrected chi connectivity index (χ1v) is 57.9. The molecule has 2 aromatic carbocycles. The summed E-state index contributed by atoms with van der Waals surface area (Å²) in [6, 6.07) is 16.5. The summed E-state index contributed by atoms with van der Waals surface area (Å²) in [5.41, 5.74) is 2.39. The van der Waals surface area contributed by atoms with E-state index in [-0.39, 0.29) is 23.9 Å². The lowest BCUT2D eigenvalue weighted by atomic mass is 9.91. The summed E-state index contributed by atoms with van der Waals surface area (Å²) in [6.07, 6.45) is 5.65. The van der Waals surface area contributed by atoms with Crippen LogP contribution in [0.4, 0.5) is 0 Å². The highest BCUT2D eigenvalue weighted by atomic mass is 35.5. The molecule has 2 saturated heterocycles. The molecule has 2 aliphatic heterocycles. The third kappa shape index (κ3) is 31.5. The largest absolute Gasteiger partial charge is 0.343 e. The summed E-state index contributed by atoms with van der Waals surface area (Å²) in [6.45, 7) is 7.76. The van der Waals surface area contributed by atoms with Gasteiger partial charge in [0.25, 0.3) is 0 Å². The fourth-order valence-corrected chi connectivity index (χ4v) is 77.7. The molecule has 380 valence electrons. The zero-order valence-corrected chi connectivity index (χ0v) is 60.3. The second-order valence-electron chi connectivity index (χ2n) is 12.4. The number of nitrogens with zero attached hydrogens (tertiary/aromatic N) is 3. The maximum absolute atomic E-state index is 13.5. The van der Waals surface area contributed by atoms with Crippen LogP contribution in [0.25, 0.3) is 0 Å². The minimum absolute atomic E-state index is 0.0758. The van der Waals surface area contributed by atoms with Crippen molar-refractivity contribution in [3.63, 3.8) is 0 Å². The Hall–Kier alpha value is 4.52. The maximum Gasteiger partial charge on any atom is 0.223 e. The van der Waals surface area contributed by atoms with E-state index in [9.17, 15) is 9.59 Å². The summed E-state index contributed by atoms with van der Waals surface area (Å²) in [7, 11) is 49.1. The second kappa shape index (κ2) is 44.5. The molecule has 37 heteroatoms. The smallest absolute Gasteiger partial charge is 0.223 e. The zero-order valence-electron chi connectivity index (χ0n) is 34.3. The first kappa shape index (κ1) is 65.8. The molecule has 0 aromatic heterocycles. The molecule has 0 radical (unpaired) electrons. The van der Waals surface area contributed by atoms with Gasteiger partial charge in [0.2, 0.25) is 11.8 Å². The van der Waals surface area contributed by atoms with Gasteiger partial charge in [-0.3, -0.25) is 14.5 Å². The molecular weight excluding hydrogens is 1470 g/mol. The molecule has 0 N–H and O–H groups in total. The molecule has 2 aliphatic rings. The Morgan fingerprint density at radius 1 is 0.567 bits per heavy atom. The summed E-state index contributed by atoms with van der Waals surface area (Å²) < 4.78 is 0. The van der Waals surface area contributed by atoms with Gasteiger partial charge in [0, 0.05) is 333 Å². The van der Waals surface area contributed by atoms with E-state index >= 15 is 0 Å². The van der Waals surface area contributed by atoms with E-state index in [0.717, 1.165) is 74.9 Å². The van der Waals surface area contributed by atoms with Gasteiger partial charge in [-0.1, -0.05) is 67.2 Å². The van der Waals surface area contributed by atoms with Gasteiger partial charge in [0.05, 0.1) is 6.04 Å². The van der Waals surface area contributed by atoms with Crippen molar-refractivity contribution in [1.29, 1.82) is 0 Å². The van der Waals surface area contributed by atoms with Crippen LogP contribution in [0.3, 0.4) is 0 Å². The van der Waals surface area contributed by atoms with Crippen molar-refractivity contribution in [2.45, 2.75) is 64.5 Å². The van der Waals surface area contributed by atoms with Crippen molar-refractivity contribution in [3.8, 4) is 0 Å². The van der Waals surface area contributed by atoms with Crippen molar-refractivity contribution in [2.75, 3.05) is 32.7 Å². The Labute approximate surface area is 493 Å². The Morgan fingerprint density at radius 3 is 1.25 bits per heavy atom. The van der Waals surface area contributed by atoms with Gasteiger partial charge in [-0.2, -0.15) is 0 Å². The second-order valence-corrected chi connectivity index (χ2v) is 62.8. The van der Waals surface area contributed by atoms with Crippen LogP contribution in [-0.4, -0.2) is 65.3 Å². The molecule has 0 aliphatic carbocycles. The van der Waals surface area contributed by atoms with Crippen LogP contribution in [0.15, 0.2) is 48.5 Å². The minimum atomic E-state index is 0.0758. The number of benzene rings is 2. The van der Waals surface area contributed by atoms with Crippen LogP contribution in [0.5, 0.6) is 0 Å². The first-order valence-electron chi connectivity index (χ1n) is 18.5. The molecule has 4 rings (SSSR count). The molecule has 1 atom stereocenters. The number of rotatable bonds is 8. The van der Waals surface area contributed by atoms with Crippen LogP contribution in [0, 0.1) is 5.92 Å². The highest BCUT2D eigenvalue weighted by Crippen LogP contribution is 2.33. The lowest BCUT2D eigenvalue weighted by Crippen LogP contribution is -2.56. The monoisotopic (exact) mass is 1500 g/mol. The molecule has 5 nitrogen and oxygen atoms in total. The van der Waals surface area contributed by atoms with Crippen molar-refractivity contribution >= 4 is 306 Å². The summed E-state index contributed by atoms with van der Waals surface area (Å²) >= 11 is 22.0. The van der Waals surface area contributed by atoms with Gasteiger partial charge in [0.15, 0.2) is 0 Å². The Morgan fingerprint density at radius 2 is 0.925 bits per heavy atom. The predicted molar refractivity (Wildman–Crippen MR) is 372 cm³/mol. The lowest BCUT2D eigenvalue weighted by molar-refractivity contribution is -0.138. The zero-order chi connectivity index (χ0) is 48.2. The van der Waals surface area contributed by atoms with E-state index in [1.807, 2.05) is 136 Å². The molecule has 2 aromatic rings. The van der Waals surface area contributed by atoms with E-state index in [2.05, 4.69) is 41.0 Å². The molecule has 0 spiro atoms. The number of carbonyl (C=O) groups is 2. The number of hydrogen-bond acceptors (Lipinski definition) is 5. The topological polar surface area (TPSA) is 43.9 Å². The quantitative estimate of drug-likeness (QED) is 0.308. The molecule has 2 amide bonds. The fourth-order valence-electron chi connectivity index (χ4n) is 6.14. The molecule has 0 bridgehead atoms. The first-order chi connectivity index (χ1) is 32.8. The van der Waals surface area contributed by atoms with E-state index in [4.69, 9.17) is 45.6 Å². The lowest BCUT2D eigenvalue weighted by Gasteiger charge is -2.45. The molecule has 0 unspecified atom stereocenters. The summed E-state index contributed by atoms with van der Waals surface area (Å²) in [5, 5.41) is 1.45. The van der Waals surface area contributed by atoms with Crippen molar-refractivity contribution in [3.05, 3.63) is 69.7 Å². The van der Waals surface area contributed by atoms with E-state index in [0.29, 0.717) is 12.3 Å². The van der Waals surface area contributed by atoms with Gasteiger partial charge in [-0.05, 0) is 60.6 Å². The van der Waals surface area contributed by atoms with Gasteiger partial charge in [-0.25, -0.2) is 0 Å². The van der Waals surface area contributed by atoms with E-state index in [1.165, 1.54) is 28.9 Å². The average molecular weight is 1510 g/mol. The number of amides is 2. The highest BCUT2D eigenvalue weighted by Gasteiger charge is 2.35. The third-order valence-corrected chi connectivity index (χ3v) is 69.2. The molecular formula is C30H39Cl2N3O2S30. The standard InChI is InChI=1S/C30H39Cl2N3O2.S30/c1-3-4-5-28-21-34(18-19-35(28)29(37)20-23-14-16-33(17-15-23)22(2)36)30(24-6-10-26(31)11-7-24)25-8-12-27(32)13-9-25;1-3-5-7-9-11-13-15-17-19-21-23-25-27-29-30-28-26-24-22-20-18-16-14-12-10-8-6-4-2/h6-13,23,28,30H,3-5,14-21H2,1-2H3;/t28-;/m0./s1. The maximum atomic E-state index is 13.5. The molecule has 2 fully saturated rings. The molecule has 2 heterocycles. The van der Waals surface area contributed by atoms with Crippen LogP contribution in [0.2, 0.25) is 10.0 Å². The number of piperidine rings is 1. The van der Waals surface area contributed by atoms with Gasteiger partial charge in [0.1, 0.15) is 0 Å². The Kier molecular flexibility index (Phi) is 43.7. The molecule has 0 saturated carbocycles. The minimum Gasteiger partial charge on any atom is -0.343 e. The summed E-state index contributed by atoms with van der Waals surface area (Å²) in [4.78, 5) is 31.8. The number of carbonyl (C=O) groups excluding carboxylic acids is 2. The number of likely N-dealkylation sites (tertiary alicyclic amines) is 1. The van der Waals surface area contributed by atoms with Gasteiger partial charge in [-0.15, -0.1) is 0 Å². The number of unbranched alkanes of at least 4 members (excludes halogenated alkanes) is 1. The van der Waals surface area contributed by atoms with Crippen LogP contribution in [-0.2, 0) is 281 Å². The average Bonchev–Trinajstić information content (AvgIpc) is 3.33. The van der Waals surface area contributed by atoms with E-state index in [1.54, 1.807) is 131 Å². The van der Waals surface area contributed by atoms with Gasteiger partial charge < -0.3 is 9.80 Å². The number of hydrogen-bond donors (Lipinski definition) is 0. The van der Waals surface area contributed by atoms with Crippen LogP contribution >= 0.6 is 23.2 Å². The molecule has 67 heavy (non-hydrogen) atoms. The predicted octanol–water partition coefficient (Wildman–Crippen LogP) is 6.36. The number of halogens is 2. The van der Waals surface area contributed by atoms with Gasteiger partial charge >= 0.3 is 0 Å².